The first-order valence-electron chi connectivity index (χ1n) is 6.28. The molecule has 0 saturated heterocycles. The number of carbonyl (C=O) groups is 1. The standard InChI is InChI=1S/C15H16ClN3O2/c1-9-7-13(14(21-2)8-11(9)16)18-15(20)10-5-3-4-6-12(10)19-17/h3-8,19H,17H2,1-2H3,(H,18,20). The predicted octanol–water partition coefficient (Wildman–Crippen LogP) is 3.19. The van der Waals surface area contributed by atoms with Crippen molar-refractivity contribution in [2.75, 3.05) is 17.9 Å². The lowest BCUT2D eigenvalue weighted by molar-refractivity contribution is 0.102. The van der Waals surface area contributed by atoms with Gasteiger partial charge < -0.3 is 15.5 Å². The molecule has 0 radical (unpaired) electrons. The van der Waals surface area contributed by atoms with Gasteiger partial charge in [0.1, 0.15) is 5.75 Å². The Hall–Kier alpha value is -2.24. The molecule has 0 saturated carbocycles. The zero-order valence-electron chi connectivity index (χ0n) is 11.7. The lowest BCUT2D eigenvalue weighted by atomic mass is 10.1. The van der Waals surface area contributed by atoms with Gasteiger partial charge in [0, 0.05) is 11.1 Å². The smallest absolute Gasteiger partial charge is 0.257 e. The van der Waals surface area contributed by atoms with Crippen molar-refractivity contribution in [1.82, 2.24) is 0 Å². The average molecular weight is 306 g/mol. The van der Waals surface area contributed by atoms with Crippen LogP contribution in [0.25, 0.3) is 0 Å². The molecule has 5 nitrogen and oxygen atoms in total. The zero-order valence-corrected chi connectivity index (χ0v) is 12.5. The molecule has 0 aliphatic rings. The fraction of sp³-hybridized carbons (Fsp3) is 0.133. The van der Waals surface area contributed by atoms with Gasteiger partial charge in [-0.2, -0.15) is 0 Å². The number of ether oxygens (including phenoxy) is 1. The van der Waals surface area contributed by atoms with E-state index in [0.717, 1.165) is 5.56 Å². The normalized spacial score (nSPS) is 10.1. The van der Waals surface area contributed by atoms with Gasteiger partial charge in [-0.15, -0.1) is 0 Å². The summed E-state index contributed by atoms with van der Waals surface area (Å²) in [4.78, 5) is 12.4. The fourth-order valence-electron chi connectivity index (χ4n) is 1.93. The molecule has 4 N–H and O–H groups in total. The van der Waals surface area contributed by atoms with Crippen LogP contribution in [-0.4, -0.2) is 13.0 Å². The number of hydrogen-bond donors (Lipinski definition) is 3. The molecule has 2 rings (SSSR count). The number of hydrazine groups is 1. The number of carbonyl (C=O) groups excluding carboxylic acids is 1. The quantitative estimate of drug-likeness (QED) is 0.599. The number of nitrogens with two attached hydrogens (primary N) is 1. The summed E-state index contributed by atoms with van der Waals surface area (Å²) in [7, 11) is 1.52. The van der Waals surface area contributed by atoms with E-state index in [0.29, 0.717) is 27.7 Å². The van der Waals surface area contributed by atoms with Crippen molar-refractivity contribution in [2.45, 2.75) is 6.92 Å². The Kier molecular flexibility index (Phi) is 4.67. The van der Waals surface area contributed by atoms with Crippen LogP contribution in [0, 0.1) is 6.92 Å². The predicted molar refractivity (Wildman–Crippen MR) is 84.9 cm³/mol. The van der Waals surface area contributed by atoms with Crippen LogP contribution >= 0.6 is 11.6 Å². The second-order valence-corrected chi connectivity index (χ2v) is 4.85. The number of anilines is 2. The third kappa shape index (κ3) is 3.26. The monoisotopic (exact) mass is 305 g/mol. The van der Waals surface area contributed by atoms with Crippen molar-refractivity contribution in [3.05, 3.63) is 52.5 Å². The maximum Gasteiger partial charge on any atom is 0.257 e. The molecule has 0 bridgehead atoms. The van der Waals surface area contributed by atoms with E-state index in [-0.39, 0.29) is 5.91 Å². The van der Waals surface area contributed by atoms with Gasteiger partial charge in [0.15, 0.2) is 0 Å². The van der Waals surface area contributed by atoms with Crippen LogP contribution in [0.1, 0.15) is 15.9 Å². The van der Waals surface area contributed by atoms with Crippen molar-refractivity contribution in [2.24, 2.45) is 5.84 Å². The number of nitrogens with one attached hydrogen (secondary N) is 2. The van der Waals surface area contributed by atoms with Crippen molar-refractivity contribution in [3.63, 3.8) is 0 Å². The largest absolute Gasteiger partial charge is 0.495 e. The van der Waals surface area contributed by atoms with E-state index in [9.17, 15) is 4.79 Å². The maximum atomic E-state index is 12.4. The van der Waals surface area contributed by atoms with Gasteiger partial charge in [-0.3, -0.25) is 10.6 Å². The number of para-hydroxylation sites is 1. The minimum Gasteiger partial charge on any atom is -0.495 e. The van der Waals surface area contributed by atoms with Gasteiger partial charge in [0.05, 0.1) is 24.0 Å². The SMILES string of the molecule is COc1cc(Cl)c(C)cc1NC(=O)c1ccccc1NN. The first-order valence-corrected chi connectivity index (χ1v) is 6.65. The summed E-state index contributed by atoms with van der Waals surface area (Å²) in [5.41, 5.74) is 4.88. The number of rotatable bonds is 4. The summed E-state index contributed by atoms with van der Waals surface area (Å²) in [6.45, 7) is 1.85. The molecule has 0 unspecified atom stereocenters. The van der Waals surface area contributed by atoms with E-state index in [1.165, 1.54) is 7.11 Å². The van der Waals surface area contributed by atoms with Gasteiger partial charge in [-0.25, -0.2) is 0 Å². The molecule has 2 aromatic carbocycles. The Bertz CT molecular complexity index is 674. The molecule has 1 amide bonds. The van der Waals surface area contributed by atoms with Crippen LogP contribution in [0.3, 0.4) is 0 Å². The Balaban J connectivity index is 2.33. The first kappa shape index (κ1) is 15.2. The zero-order chi connectivity index (χ0) is 15.4. The second kappa shape index (κ2) is 6.47. The molecule has 0 spiro atoms. The highest BCUT2D eigenvalue weighted by molar-refractivity contribution is 6.31. The van der Waals surface area contributed by atoms with Crippen LogP contribution in [0.2, 0.25) is 5.02 Å². The lowest BCUT2D eigenvalue weighted by Crippen LogP contribution is -2.17. The molecule has 21 heavy (non-hydrogen) atoms. The van der Waals surface area contributed by atoms with E-state index in [1.807, 2.05) is 6.92 Å². The number of hydrogen-bond acceptors (Lipinski definition) is 4. The minimum absolute atomic E-state index is 0.288. The Labute approximate surface area is 128 Å². The van der Waals surface area contributed by atoms with Crippen molar-refractivity contribution in [3.8, 4) is 5.75 Å². The molecule has 0 fully saturated rings. The lowest BCUT2D eigenvalue weighted by Gasteiger charge is -2.13. The number of halogens is 1. The third-order valence-corrected chi connectivity index (χ3v) is 3.46. The van der Waals surface area contributed by atoms with Crippen LogP contribution in [0.4, 0.5) is 11.4 Å². The first-order chi connectivity index (χ1) is 10.1. The molecule has 110 valence electrons. The topological polar surface area (TPSA) is 76.4 Å². The Morgan fingerprint density at radius 3 is 2.62 bits per heavy atom. The van der Waals surface area contributed by atoms with Crippen molar-refractivity contribution in [1.29, 1.82) is 0 Å². The molecule has 6 heteroatoms. The average Bonchev–Trinajstić information content (AvgIpc) is 2.50. The second-order valence-electron chi connectivity index (χ2n) is 4.45. The summed E-state index contributed by atoms with van der Waals surface area (Å²) in [5.74, 6) is 5.62. The van der Waals surface area contributed by atoms with Gasteiger partial charge in [-0.05, 0) is 30.7 Å². The summed E-state index contributed by atoms with van der Waals surface area (Å²) in [6, 6.07) is 10.4. The molecule has 0 heterocycles. The molecule has 0 aliphatic heterocycles. The van der Waals surface area contributed by atoms with Gasteiger partial charge in [0.2, 0.25) is 0 Å². The summed E-state index contributed by atoms with van der Waals surface area (Å²) in [6.07, 6.45) is 0. The molecular weight excluding hydrogens is 290 g/mol. The summed E-state index contributed by atoms with van der Waals surface area (Å²) >= 11 is 6.05. The van der Waals surface area contributed by atoms with Gasteiger partial charge >= 0.3 is 0 Å². The molecule has 0 atom stereocenters. The van der Waals surface area contributed by atoms with Crippen molar-refractivity contribution >= 4 is 28.9 Å². The van der Waals surface area contributed by atoms with Crippen molar-refractivity contribution < 1.29 is 9.53 Å². The molecule has 0 aromatic heterocycles. The van der Waals surface area contributed by atoms with E-state index >= 15 is 0 Å². The highest BCUT2D eigenvalue weighted by atomic mass is 35.5. The number of nitrogen functional groups attached to an aromatic ring is 1. The van der Waals surface area contributed by atoms with E-state index in [4.69, 9.17) is 22.2 Å². The number of aryl methyl sites for hydroxylation is 1. The fourth-order valence-corrected chi connectivity index (χ4v) is 2.08. The Morgan fingerprint density at radius 2 is 1.95 bits per heavy atom. The number of benzene rings is 2. The van der Waals surface area contributed by atoms with Gasteiger partial charge in [0.25, 0.3) is 5.91 Å². The van der Waals surface area contributed by atoms with Crippen LogP contribution < -0.4 is 21.3 Å². The highest BCUT2D eigenvalue weighted by Gasteiger charge is 2.14. The third-order valence-electron chi connectivity index (χ3n) is 3.06. The number of methoxy groups -OCH3 is 1. The molecular formula is C15H16ClN3O2. The van der Waals surface area contributed by atoms with Crippen LogP contribution in [0.5, 0.6) is 5.75 Å². The van der Waals surface area contributed by atoms with Crippen LogP contribution in [-0.2, 0) is 0 Å². The maximum absolute atomic E-state index is 12.4. The molecule has 0 aliphatic carbocycles. The van der Waals surface area contributed by atoms with Crippen LogP contribution in [0.15, 0.2) is 36.4 Å². The minimum atomic E-state index is -0.288. The molecule has 2 aromatic rings. The van der Waals surface area contributed by atoms with E-state index in [1.54, 1.807) is 36.4 Å². The highest BCUT2D eigenvalue weighted by Crippen LogP contribution is 2.31. The Morgan fingerprint density at radius 1 is 1.24 bits per heavy atom. The van der Waals surface area contributed by atoms with Gasteiger partial charge in [-0.1, -0.05) is 23.7 Å². The number of amides is 1. The summed E-state index contributed by atoms with van der Waals surface area (Å²) < 4.78 is 5.24. The van der Waals surface area contributed by atoms with E-state index in [2.05, 4.69) is 10.7 Å². The summed E-state index contributed by atoms with van der Waals surface area (Å²) in [5, 5.41) is 3.38. The van der Waals surface area contributed by atoms with E-state index < -0.39 is 0 Å².